The Bertz CT molecular complexity index is 1100. The lowest BCUT2D eigenvalue weighted by Crippen LogP contribution is -2.44. The van der Waals surface area contributed by atoms with Crippen LogP contribution in [0.5, 0.6) is 0 Å². The van der Waals surface area contributed by atoms with Crippen molar-refractivity contribution >= 4 is 45.1 Å². The van der Waals surface area contributed by atoms with E-state index in [2.05, 4.69) is 20.6 Å². The second-order valence-electron chi connectivity index (χ2n) is 7.66. The molecule has 32 heavy (non-hydrogen) atoms. The van der Waals surface area contributed by atoms with Crippen LogP contribution in [0.3, 0.4) is 0 Å². The van der Waals surface area contributed by atoms with Gasteiger partial charge in [0.1, 0.15) is 11.6 Å². The maximum Gasteiger partial charge on any atom is 0.404 e. The van der Waals surface area contributed by atoms with Crippen molar-refractivity contribution in [1.82, 2.24) is 10.3 Å². The van der Waals surface area contributed by atoms with Crippen LogP contribution >= 0.6 is 11.6 Å². The van der Waals surface area contributed by atoms with E-state index in [-0.39, 0.29) is 23.2 Å². The number of benzene rings is 1. The number of alkyl halides is 3. The number of nitrogens with zero attached hydrogens (tertiary/aromatic N) is 2. The van der Waals surface area contributed by atoms with Crippen molar-refractivity contribution in [1.29, 1.82) is 0 Å². The normalized spacial score (nSPS) is 12.9. The molecule has 0 saturated carbocycles. The number of halogens is 4. The molecule has 0 atom stereocenters. The number of aliphatic imine (C=N–C) groups is 1. The topological polar surface area (TPSA) is 113 Å². The molecule has 2 rings (SSSR count). The predicted octanol–water partition coefficient (Wildman–Crippen LogP) is 4.04. The molecule has 8 nitrogen and oxygen atoms in total. The van der Waals surface area contributed by atoms with Crippen LogP contribution in [-0.2, 0) is 10.0 Å². The molecule has 0 fully saturated rings. The van der Waals surface area contributed by atoms with Crippen LogP contribution in [0.2, 0.25) is 5.02 Å². The first kappa shape index (κ1) is 25.4. The molecule has 1 heterocycles. The molecular formula is C19H21ClF3N5O3S. The van der Waals surface area contributed by atoms with Gasteiger partial charge >= 0.3 is 6.18 Å². The van der Waals surface area contributed by atoms with E-state index in [1.807, 2.05) is 20.8 Å². The van der Waals surface area contributed by atoms with Crippen LogP contribution < -0.4 is 15.4 Å². The number of hydrogen-bond acceptors (Lipinski definition) is 4. The highest BCUT2D eigenvalue weighted by atomic mass is 35.5. The average Bonchev–Trinajstić information content (AvgIpc) is 2.58. The quantitative estimate of drug-likeness (QED) is 0.430. The van der Waals surface area contributed by atoms with Crippen molar-refractivity contribution in [3.63, 3.8) is 0 Å². The Labute approximate surface area is 188 Å². The van der Waals surface area contributed by atoms with Gasteiger partial charge in [-0.25, -0.2) is 13.4 Å². The average molecular weight is 492 g/mol. The summed E-state index contributed by atoms with van der Waals surface area (Å²) in [6.45, 7) is 5.43. The summed E-state index contributed by atoms with van der Waals surface area (Å²) in [6.07, 6.45) is -4.90. The molecule has 2 aromatic rings. The van der Waals surface area contributed by atoms with Crippen molar-refractivity contribution in [2.24, 2.45) is 4.99 Å². The Morgan fingerprint density at radius 1 is 1.06 bits per heavy atom. The molecule has 0 spiro atoms. The molecule has 0 saturated heterocycles. The summed E-state index contributed by atoms with van der Waals surface area (Å²) in [7, 11) is -4.70. The number of pyridine rings is 1. The monoisotopic (exact) mass is 491 g/mol. The summed E-state index contributed by atoms with van der Waals surface area (Å²) in [5, 5.41) is 6.18. The van der Waals surface area contributed by atoms with Crippen molar-refractivity contribution in [2.45, 2.75) is 32.5 Å². The smallest absolute Gasteiger partial charge is 0.351 e. The number of hydrogen-bond donors (Lipinski definition) is 3. The van der Waals surface area contributed by atoms with Gasteiger partial charge in [0.05, 0.1) is 0 Å². The van der Waals surface area contributed by atoms with Gasteiger partial charge in [-0.1, -0.05) is 17.7 Å². The molecule has 0 unspecified atom stereocenters. The summed E-state index contributed by atoms with van der Waals surface area (Å²) in [5.74, 6) is -2.94. The van der Waals surface area contributed by atoms with Gasteiger partial charge < -0.3 is 10.6 Å². The lowest BCUT2D eigenvalue weighted by atomic mass is 10.1. The highest BCUT2D eigenvalue weighted by Gasteiger charge is 2.35. The lowest BCUT2D eigenvalue weighted by molar-refractivity contribution is -0.106. The fourth-order valence-electron chi connectivity index (χ4n) is 2.29. The summed E-state index contributed by atoms with van der Waals surface area (Å²) in [6, 6.07) is 10.0. The van der Waals surface area contributed by atoms with Gasteiger partial charge in [0, 0.05) is 16.1 Å². The number of carbonyl (C=O) groups excluding carboxylic acids is 1. The molecule has 0 bridgehead atoms. The number of rotatable bonds is 5. The SMILES string of the molecule is CC(C)(C)N/C(=N/C(=O)c1ccc(Cl)cc1)Nc1cccc(NS(=O)(=O)CC(F)(F)F)n1. The zero-order valence-electron chi connectivity index (χ0n) is 17.3. The largest absolute Gasteiger partial charge is 0.404 e. The first-order valence-corrected chi connectivity index (χ1v) is 11.1. The minimum atomic E-state index is -4.90. The van der Waals surface area contributed by atoms with Crippen LogP contribution in [0.1, 0.15) is 31.1 Å². The van der Waals surface area contributed by atoms with E-state index in [9.17, 15) is 26.4 Å². The molecule has 0 aliphatic heterocycles. The molecule has 0 aliphatic rings. The van der Waals surface area contributed by atoms with Crippen LogP contribution in [0.4, 0.5) is 24.8 Å². The van der Waals surface area contributed by atoms with Gasteiger partial charge in [-0.2, -0.15) is 18.2 Å². The first-order valence-electron chi connectivity index (χ1n) is 9.10. The maximum absolute atomic E-state index is 12.5. The van der Waals surface area contributed by atoms with Gasteiger partial charge in [0.2, 0.25) is 16.0 Å². The highest BCUT2D eigenvalue weighted by molar-refractivity contribution is 7.92. The number of nitrogens with one attached hydrogen (secondary N) is 3. The molecule has 1 amide bonds. The Balaban J connectivity index is 2.27. The molecule has 0 radical (unpaired) electrons. The van der Waals surface area contributed by atoms with Gasteiger partial charge in [-0.15, -0.1) is 0 Å². The van der Waals surface area contributed by atoms with E-state index in [0.29, 0.717) is 5.02 Å². The minimum Gasteiger partial charge on any atom is -0.351 e. The number of amides is 1. The van der Waals surface area contributed by atoms with E-state index in [4.69, 9.17) is 11.6 Å². The van der Waals surface area contributed by atoms with Crippen LogP contribution in [0.15, 0.2) is 47.5 Å². The van der Waals surface area contributed by atoms with Crippen molar-refractivity contribution in [3.05, 3.63) is 53.1 Å². The van der Waals surface area contributed by atoms with Gasteiger partial charge in [0.25, 0.3) is 5.91 Å². The molecule has 1 aromatic carbocycles. The van der Waals surface area contributed by atoms with E-state index in [0.717, 1.165) is 0 Å². The van der Waals surface area contributed by atoms with Crippen molar-refractivity contribution in [3.8, 4) is 0 Å². The number of carbonyl (C=O) groups is 1. The lowest BCUT2D eigenvalue weighted by Gasteiger charge is -2.23. The standard InChI is InChI=1S/C19H21ClF3N5O3S/c1-18(2,3)27-17(26-16(29)12-7-9-13(20)10-8-12)25-14-5-4-6-15(24-14)28-32(30,31)11-19(21,22)23/h4-10H,11H2,1-3H3,(H3,24,25,26,27,28,29). The molecule has 0 aliphatic carbocycles. The number of aromatic nitrogens is 1. The van der Waals surface area contributed by atoms with Gasteiger partial charge in [-0.05, 0) is 57.2 Å². The molecule has 13 heteroatoms. The maximum atomic E-state index is 12.5. The first-order chi connectivity index (χ1) is 14.6. The molecular weight excluding hydrogens is 471 g/mol. The van der Waals surface area contributed by atoms with Crippen LogP contribution in [0.25, 0.3) is 0 Å². The zero-order valence-corrected chi connectivity index (χ0v) is 18.9. The highest BCUT2D eigenvalue weighted by Crippen LogP contribution is 2.19. The van der Waals surface area contributed by atoms with E-state index in [1.54, 1.807) is 4.72 Å². The third kappa shape index (κ3) is 9.10. The fourth-order valence-corrected chi connectivity index (χ4v) is 3.36. The Morgan fingerprint density at radius 3 is 2.22 bits per heavy atom. The van der Waals surface area contributed by atoms with Gasteiger partial charge in [0.15, 0.2) is 5.75 Å². The predicted molar refractivity (Wildman–Crippen MR) is 117 cm³/mol. The Kier molecular flexibility index (Phi) is 7.73. The number of guanidine groups is 1. The fraction of sp³-hybridized carbons (Fsp3) is 0.316. The second-order valence-corrected chi connectivity index (χ2v) is 9.82. The zero-order chi connectivity index (χ0) is 24.2. The summed E-state index contributed by atoms with van der Waals surface area (Å²) in [4.78, 5) is 20.4. The number of anilines is 2. The Hall–Kier alpha value is -2.86. The minimum absolute atomic E-state index is 0.000230. The summed E-state index contributed by atoms with van der Waals surface area (Å²) >= 11 is 5.82. The summed E-state index contributed by atoms with van der Waals surface area (Å²) in [5.41, 5.74) is -0.260. The number of sulfonamides is 1. The van der Waals surface area contributed by atoms with Crippen LogP contribution in [-0.4, -0.2) is 42.7 Å². The molecule has 3 N–H and O–H groups in total. The molecule has 1 aromatic heterocycles. The summed E-state index contributed by atoms with van der Waals surface area (Å²) < 4.78 is 62.4. The molecule has 174 valence electrons. The van der Waals surface area contributed by atoms with Gasteiger partial charge in [-0.3, -0.25) is 9.52 Å². The van der Waals surface area contributed by atoms with Crippen molar-refractivity contribution in [2.75, 3.05) is 15.8 Å². The second kappa shape index (κ2) is 9.74. The Morgan fingerprint density at radius 2 is 1.66 bits per heavy atom. The third-order valence-electron chi connectivity index (χ3n) is 3.41. The van der Waals surface area contributed by atoms with Crippen LogP contribution in [0, 0.1) is 0 Å². The van der Waals surface area contributed by atoms with E-state index in [1.165, 1.54) is 42.5 Å². The van der Waals surface area contributed by atoms with E-state index < -0.39 is 33.4 Å². The van der Waals surface area contributed by atoms with E-state index >= 15 is 0 Å². The van der Waals surface area contributed by atoms with Crippen molar-refractivity contribution < 1.29 is 26.4 Å². The third-order valence-corrected chi connectivity index (χ3v) is 4.89.